The monoisotopic (exact) mass is 567 g/mol. The van der Waals surface area contributed by atoms with Crippen molar-refractivity contribution in [2.24, 2.45) is 0 Å². The van der Waals surface area contributed by atoms with Crippen LogP contribution in [0, 0.1) is 0 Å². The Bertz CT molecular complexity index is 1510. The number of para-hydroxylation sites is 2. The van der Waals surface area contributed by atoms with E-state index in [4.69, 9.17) is 4.74 Å². The SMILES string of the molecule is O=C(COc1ccccc1)NCc1nnc(SCC(=O)N2CCc3ccccc32)n1-c1cccc(C(F)(F)F)c1. The van der Waals surface area contributed by atoms with E-state index < -0.39 is 17.6 Å². The second-order valence-corrected chi connectivity index (χ2v) is 9.82. The Morgan fingerprint density at radius 3 is 2.55 bits per heavy atom. The molecule has 0 atom stereocenters. The lowest BCUT2D eigenvalue weighted by molar-refractivity contribution is -0.137. The number of ether oxygens (including phenoxy) is 1. The number of hydrogen-bond donors (Lipinski definition) is 1. The van der Waals surface area contributed by atoms with Crippen molar-refractivity contribution in [3.8, 4) is 11.4 Å². The topological polar surface area (TPSA) is 89.3 Å². The van der Waals surface area contributed by atoms with Crippen LogP contribution in [0.4, 0.5) is 18.9 Å². The fourth-order valence-electron chi connectivity index (χ4n) is 4.28. The molecule has 0 bridgehead atoms. The van der Waals surface area contributed by atoms with Gasteiger partial charge in [0.1, 0.15) is 5.75 Å². The van der Waals surface area contributed by atoms with Crippen molar-refractivity contribution in [3.63, 3.8) is 0 Å². The van der Waals surface area contributed by atoms with Gasteiger partial charge in [0.15, 0.2) is 17.6 Å². The number of rotatable bonds is 9. The van der Waals surface area contributed by atoms with Crippen LogP contribution in [0.2, 0.25) is 0 Å². The third kappa shape index (κ3) is 6.28. The molecule has 0 spiro atoms. The summed E-state index contributed by atoms with van der Waals surface area (Å²) >= 11 is 1.07. The van der Waals surface area contributed by atoms with Crippen LogP contribution in [0.25, 0.3) is 5.69 Å². The fraction of sp³-hybridized carbons (Fsp3) is 0.214. The van der Waals surface area contributed by atoms with Crippen LogP contribution in [0.15, 0.2) is 84.0 Å². The Morgan fingerprint density at radius 1 is 0.975 bits per heavy atom. The van der Waals surface area contributed by atoms with Crippen molar-refractivity contribution in [1.82, 2.24) is 20.1 Å². The molecule has 2 amide bonds. The van der Waals surface area contributed by atoms with Crippen LogP contribution < -0.4 is 15.0 Å². The lowest BCUT2D eigenvalue weighted by Gasteiger charge is -2.17. The largest absolute Gasteiger partial charge is 0.484 e. The van der Waals surface area contributed by atoms with E-state index in [1.165, 1.54) is 16.7 Å². The van der Waals surface area contributed by atoms with E-state index >= 15 is 0 Å². The molecule has 206 valence electrons. The molecular formula is C28H24F3N5O3S. The van der Waals surface area contributed by atoms with E-state index in [2.05, 4.69) is 15.5 Å². The minimum atomic E-state index is -4.56. The average molecular weight is 568 g/mol. The first kappa shape index (κ1) is 27.3. The smallest absolute Gasteiger partial charge is 0.416 e. The predicted molar refractivity (Wildman–Crippen MR) is 143 cm³/mol. The van der Waals surface area contributed by atoms with Gasteiger partial charge in [0.25, 0.3) is 5.91 Å². The number of fused-ring (bicyclic) bond motifs is 1. The molecule has 5 rings (SSSR count). The van der Waals surface area contributed by atoms with E-state index in [1.807, 2.05) is 30.3 Å². The van der Waals surface area contributed by atoms with Gasteiger partial charge in [-0.1, -0.05) is 54.2 Å². The molecule has 4 aromatic rings. The summed E-state index contributed by atoms with van der Waals surface area (Å²) < 4.78 is 47.3. The van der Waals surface area contributed by atoms with Gasteiger partial charge in [-0.3, -0.25) is 14.2 Å². The highest BCUT2D eigenvalue weighted by molar-refractivity contribution is 7.99. The summed E-state index contributed by atoms with van der Waals surface area (Å²) in [7, 11) is 0. The number of hydrogen-bond acceptors (Lipinski definition) is 6. The third-order valence-electron chi connectivity index (χ3n) is 6.20. The molecule has 1 aliphatic heterocycles. The summed E-state index contributed by atoms with van der Waals surface area (Å²) in [6, 6.07) is 21.2. The van der Waals surface area contributed by atoms with Gasteiger partial charge in [-0.15, -0.1) is 10.2 Å². The van der Waals surface area contributed by atoms with Gasteiger partial charge in [-0.05, 0) is 48.4 Å². The molecule has 1 aromatic heterocycles. The fourth-order valence-corrected chi connectivity index (χ4v) is 5.13. The molecule has 0 unspecified atom stereocenters. The molecule has 0 radical (unpaired) electrons. The number of benzene rings is 3. The zero-order valence-corrected chi connectivity index (χ0v) is 21.9. The highest BCUT2D eigenvalue weighted by Crippen LogP contribution is 2.32. The molecular weight excluding hydrogens is 543 g/mol. The van der Waals surface area contributed by atoms with E-state index in [0.29, 0.717) is 12.3 Å². The number of alkyl halides is 3. The maximum Gasteiger partial charge on any atom is 0.416 e. The quantitative estimate of drug-likeness (QED) is 0.296. The second-order valence-electron chi connectivity index (χ2n) is 8.87. The molecule has 3 aromatic carbocycles. The Kier molecular flexibility index (Phi) is 8.06. The Balaban J connectivity index is 1.33. The van der Waals surface area contributed by atoms with Gasteiger partial charge in [0, 0.05) is 12.2 Å². The van der Waals surface area contributed by atoms with Crippen molar-refractivity contribution in [3.05, 3.63) is 95.8 Å². The van der Waals surface area contributed by atoms with E-state index in [0.717, 1.165) is 41.6 Å². The number of aromatic nitrogens is 3. The summed E-state index contributed by atoms with van der Waals surface area (Å²) in [5, 5.41) is 11.1. The van der Waals surface area contributed by atoms with Crippen LogP contribution in [-0.4, -0.2) is 45.5 Å². The molecule has 1 aliphatic rings. The van der Waals surface area contributed by atoms with Crippen LogP contribution in [0.5, 0.6) is 5.75 Å². The van der Waals surface area contributed by atoms with Gasteiger partial charge < -0.3 is 15.0 Å². The molecule has 40 heavy (non-hydrogen) atoms. The molecule has 2 heterocycles. The van der Waals surface area contributed by atoms with Crippen LogP contribution >= 0.6 is 11.8 Å². The first-order valence-electron chi connectivity index (χ1n) is 12.4. The highest BCUT2D eigenvalue weighted by Gasteiger charge is 2.31. The van der Waals surface area contributed by atoms with Crippen LogP contribution in [0.3, 0.4) is 0 Å². The zero-order chi connectivity index (χ0) is 28.1. The second kappa shape index (κ2) is 11.8. The van der Waals surface area contributed by atoms with Gasteiger partial charge in [-0.25, -0.2) is 0 Å². The minimum absolute atomic E-state index is 0.00268. The third-order valence-corrected chi connectivity index (χ3v) is 7.12. The van der Waals surface area contributed by atoms with Crippen molar-refractivity contribution in [2.75, 3.05) is 23.8 Å². The number of amides is 2. The van der Waals surface area contributed by atoms with E-state index in [-0.39, 0.29) is 41.5 Å². The average Bonchev–Trinajstić information content (AvgIpc) is 3.58. The van der Waals surface area contributed by atoms with Crippen LogP contribution in [0.1, 0.15) is 17.0 Å². The number of carbonyl (C=O) groups is 2. The Hall–Kier alpha value is -4.32. The Morgan fingerprint density at radius 2 is 1.75 bits per heavy atom. The summed E-state index contributed by atoms with van der Waals surface area (Å²) in [6.07, 6.45) is -3.80. The molecule has 0 fully saturated rings. The van der Waals surface area contributed by atoms with Crippen LogP contribution in [-0.2, 0) is 28.7 Å². The molecule has 8 nitrogen and oxygen atoms in total. The van der Waals surface area contributed by atoms with Crippen molar-refractivity contribution in [2.45, 2.75) is 24.3 Å². The summed E-state index contributed by atoms with van der Waals surface area (Å²) in [5.74, 6) is 0.131. The lowest BCUT2D eigenvalue weighted by Crippen LogP contribution is -2.30. The first-order chi connectivity index (χ1) is 19.3. The lowest BCUT2D eigenvalue weighted by atomic mass is 10.2. The molecule has 0 saturated heterocycles. The maximum atomic E-state index is 13.5. The first-order valence-corrected chi connectivity index (χ1v) is 13.4. The molecule has 0 saturated carbocycles. The van der Waals surface area contributed by atoms with E-state index in [9.17, 15) is 22.8 Å². The number of halogens is 3. The maximum absolute atomic E-state index is 13.5. The van der Waals surface area contributed by atoms with Gasteiger partial charge >= 0.3 is 6.18 Å². The summed E-state index contributed by atoms with van der Waals surface area (Å²) in [6.45, 7) is 0.185. The number of anilines is 1. The normalized spacial score (nSPS) is 12.7. The zero-order valence-electron chi connectivity index (χ0n) is 21.1. The highest BCUT2D eigenvalue weighted by atomic mass is 32.2. The molecule has 12 heteroatoms. The summed E-state index contributed by atoms with van der Waals surface area (Å²) in [4.78, 5) is 27.1. The standard InChI is InChI=1S/C28H24F3N5O3S/c29-28(30,31)20-8-6-9-21(15-20)36-24(16-32-25(37)17-39-22-10-2-1-3-11-22)33-34-27(36)40-18-26(38)35-14-13-19-7-4-5-12-23(19)35/h1-12,15H,13-14,16-18H2,(H,32,37). The van der Waals surface area contributed by atoms with Gasteiger partial charge in [-0.2, -0.15) is 13.2 Å². The number of thioether (sulfide) groups is 1. The molecule has 0 aliphatic carbocycles. The van der Waals surface area contributed by atoms with E-state index in [1.54, 1.807) is 29.2 Å². The Labute approximate surface area is 232 Å². The van der Waals surface area contributed by atoms with Gasteiger partial charge in [0.05, 0.1) is 23.5 Å². The summed E-state index contributed by atoms with van der Waals surface area (Å²) in [5.41, 5.74) is 1.26. The molecule has 1 N–H and O–H groups in total. The van der Waals surface area contributed by atoms with Gasteiger partial charge in [0.2, 0.25) is 5.91 Å². The number of nitrogens with zero attached hydrogens (tertiary/aromatic N) is 4. The van der Waals surface area contributed by atoms with Crippen molar-refractivity contribution in [1.29, 1.82) is 0 Å². The number of nitrogens with one attached hydrogen (secondary N) is 1. The van der Waals surface area contributed by atoms with Crippen molar-refractivity contribution < 1.29 is 27.5 Å². The van der Waals surface area contributed by atoms with Crippen molar-refractivity contribution >= 4 is 29.3 Å². The minimum Gasteiger partial charge on any atom is -0.484 e. The number of carbonyl (C=O) groups excluding carboxylic acids is 2. The predicted octanol–water partition coefficient (Wildman–Crippen LogP) is 4.66.